The number of carbonyl (C=O) groups is 2. The number of aliphatic hydroxyl groups is 1. The van der Waals surface area contributed by atoms with Gasteiger partial charge in [-0.05, 0) is 73.8 Å². The summed E-state index contributed by atoms with van der Waals surface area (Å²) in [5, 5.41) is 20.3. The minimum atomic E-state index is -0.921. The van der Waals surface area contributed by atoms with Gasteiger partial charge in [-0.15, -0.1) is 11.3 Å². The number of hydrogen-bond acceptors (Lipinski definition) is 5. The molecule has 1 amide bonds. The summed E-state index contributed by atoms with van der Waals surface area (Å²) in [4.78, 5) is 24.6. The Morgan fingerprint density at radius 2 is 1.97 bits per heavy atom. The van der Waals surface area contributed by atoms with Gasteiger partial charge in [0, 0.05) is 18.0 Å². The molecule has 0 aliphatic rings. The van der Waals surface area contributed by atoms with E-state index in [0.29, 0.717) is 17.4 Å². The molecule has 1 atom stereocenters. The molecule has 2 rings (SSSR count). The highest BCUT2D eigenvalue weighted by atomic mass is 32.1. The third-order valence-electron chi connectivity index (χ3n) is 5.47. The molecule has 0 fully saturated rings. The topological polar surface area (TPSA) is 95.9 Å². The van der Waals surface area contributed by atoms with Crippen molar-refractivity contribution in [2.24, 2.45) is 0 Å². The number of carboxylic acid groups (broad SMARTS) is 1. The highest BCUT2D eigenvalue weighted by Crippen LogP contribution is 2.32. The van der Waals surface area contributed by atoms with Gasteiger partial charge >= 0.3 is 5.97 Å². The van der Waals surface area contributed by atoms with Crippen LogP contribution in [0.2, 0.25) is 0 Å². The Bertz CT molecular complexity index is 864. The molecule has 176 valence electrons. The van der Waals surface area contributed by atoms with Crippen molar-refractivity contribution in [1.82, 2.24) is 5.32 Å². The number of carboxylic acids is 1. The summed E-state index contributed by atoms with van der Waals surface area (Å²) in [7, 11) is 0. The van der Waals surface area contributed by atoms with E-state index in [4.69, 9.17) is 14.9 Å². The van der Waals surface area contributed by atoms with E-state index in [9.17, 15) is 9.59 Å². The first-order chi connectivity index (χ1) is 15.5. The lowest BCUT2D eigenvalue weighted by atomic mass is 9.94. The van der Waals surface area contributed by atoms with E-state index < -0.39 is 5.97 Å². The number of aliphatic carboxylic acids is 1. The Hall–Kier alpha value is -2.38. The fraction of sp³-hybridized carbons (Fsp3) is 0.520. The Balaban J connectivity index is 1.93. The van der Waals surface area contributed by atoms with Crippen LogP contribution in [0.1, 0.15) is 77.5 Å². The van der Waals surface area contributed by atoms with Crippen LogP contribution in [0.5, 0.6) is 5.75 Å². The molecule has 1 heterocycles. The van der Waals surface area contributed by atoms with Gasteiger partial charge < -0.3 is 20.3 Å². The van der Waals surface area contributed by atoms with Crippen LogP contribution >= 0.6 is 11.3 Å². The summed E-state index contributed by atoms with van der Waals surface area (Å²) >= 11 is 1.49. The number of amides is 1. The van der Waals surface area contributed by atoms with E-state index >= 15 is 0 Å². The normalized spacial score (nSPS) is 11.8. The molecule has 3 N–H and O–H groups in total. The molecular weight excluding hydrogens is 426 g/mol. The first-order valence-corrected chi connectivity index (χ1v) is 12.2. The number of carbonyl (C=O) groups excluding carboxylic acids is 1. The zero-order chi connectivity index (χ0) is 23.3. The van der Waals surface area contributed by atoms with Crippen molar-refractivity contribution >= 4 is 23.2 Å². The number of ether oxygens (including phenoxy) is 1. The van der Waals surface area contributed by atoms with E-state index in [1.165, 1.54) is 27.3 Å². The van der Waals surface area contributed by atoms with E-state index in [1.54, 1.807) is 0 Å². The molecule has 2 aromatic rings. The van der Waals surface area contributed by atoms with Gasteiger partial charge in [0.2, 0.25) is 0 Å². The number of aliphatic hydroxyl groups excluding tert-OH is 1. The van der Waals surface area contributed by atoms with Crippen LogP contribution in [0.4, 0.5) is 0 Å². The molecular formula is C25H35NO5S. The first kappa shape index (κ1) is 25.9. The summed E-state index contributed by atoms with van der Waals surface area (Å²) in [6.45, 7) is 5.25. The summed E-state index contributed by atoms with van der Waals surface area (Å²) in [6, 6.07) is 10.3. The number of unbranched alkanes of at least 4 members (excludes halogenated alkanes) is 1. The number of rotatable bonds is 15. The molecule has 1 aromatic carbocycles. The second kappa shape index (κ2) is 13.9. The van der Waals surface area contributed by atoms with Crippen LogP contribution in [-0.2, 0) is 17.6 Å². The van der Waals surface area contributed by atoms with Gasteiger partial charge in [-0.2, -0.15) is 0 Å². The van der Waals surface area contributed by atoms with Crippen molar-refractivity contribution in [3.63, 3.8) is 0 Å². The van der Waals surface area contributed by atoms with Gasteiger partial charge in [0.05, 0.1) is 17.9 Å². The van der Waals surface area contributed by atoms with Gasteiger partial charge in [0.25, 0.3) is 5.91 Å². The minimum absolute atomic E-state index is 0.0756. The SMILES string of the molecule is CCc1cc(CCC(CC)c2ccc(C(=O)NCCC(=O)O)s2)ccc1OCCCCO. The quantitative estimate of drug-likeness (QED) is 0.331. The molecule has 1 unspecified atom stereocenters. The molecule has 32 heavy (non-hydrogen) atoms. The Morgan fingerprint density at radius 1 is 1.16 bits per heavy atom. The van der Waals surface area contributed by atoms with Crippen LogP contribution in [0.15, 0.2) is 30.3 Å². The standard InChI is InChI=1S/C25H35NO5S/c1-3-19(22-11-12-23(32-22)25(30)26-14-13-24(28)29)9-7-18-8-10-21(20(4-2)17-18)31-16-6-5-15-27/h8,10-12,17,19,27H,3-7,9,13-16H2,1-2H3,(H,26,30)(H,28,29). The van der Waals surface area contributed by atoms with E-state index in [0.717, 1.165) is 44.3 Å². The van der Waals surface area contributed by atoms with Gasteiger partial charge in [-0.25, -0.2) is 0 Å². The minimum Gasteiger partial charge on any atom is -0.493 e. The predicted octanol–water partition coefficient (Wildman–Crippen LogP) is 4.79. The maximum atomic E-state index is 12.2. The van der Waals surface area contributed by atoms with Crippen molar-refractivity contribution in [3.8, 4) is 5.75 Å². The van der Waals surface area contributed by atoms with E-state index in [1.807, 2.05) is 12.1 Å². The van der Waals surface area contributed by atoms with E-state index in [2.05, 4.69) is 37.4 Å². The molecule has 0 aliphatic heterocycles. The highest BCUT2D eigenvalue weighted by molar-refractivity contribution is 7.14. The average molecular weight is 462 g/mol. The Labute approximate surface area is 194 Å². The van der Waals surface area contributed by atoms with Crippen molar-refractivity contribution in [1.29, 1.82) is 0 Å². The van der Waals surface area contributed by atoms with Gasteiger partial charge in [-0.3, -0.25) is 9.59 Å². The zero-order valence-electron chi connectivity index (χ0n) is 19.1. The second-order valence-corrected chi connectivity index (χ2v) is 8.94. The lowest BCUT2D eigenvalue weighted by Crippen LogP contribution is -2.25. The smallest absolute Gasteiger partial charge is 0.305 e. The summed E-state index contributed by atoms with van der Waals surface area (Å²) in [5.41, 5.74) is 2.49. The maximum Gasteiger partial charge on any atom is 0.305 e. The molecule has 1 aromatic heterocycles. The predicted molar refractivity (Wildman–Crippen MR) is 128 cm³/mol. The summed E-state index contributed by atoms with van der Waals surface area (Å²) < 4.78 is 5.89. The van der Waals surface area contributed by atoms with Crippen molar-refractivity contribution in [2.75, 3.05) is 19.8 Å². The Morgan fingerprint density at radius 3 is 2.66 bits per heavy atom. The molecule has 0 aliphatic carbocycles. The second-order valence-electron chi connectivity index (χ2n) is 7.82. The van der Waals surface area contributed by atoms with Crippen LogP contribution < -0.4 is 10.1 Å². The van der Waals surface area contributed by atoms with Gasteiger partial charge in [0.1, 0.15) is 5.75 Å². The zero-order valence-corrected chi connectivity index (χ0v) is 19.9. The fourth-order valence-corrected chi connectivity index (χ4v) is 4.70. The number of thiophene rings is 1. The van der Waals surface area contributed by atoms with Gasteiger partial charge in [-0.1, -0.05) is 26.0 Å². The lowest BCUT2D eigenvalue weighted by Gasteiger charge is -2.15. The van der Waals surface area contributed by atoms with Crippen LogP contribution in [0.25, 0.3) is 0 Å². The molecule has 7 heteroatoms. The monoisotopic (exact) mass is 461 g/mol. The van der Waals surface area contributed by atoms with E-state index in [-0.39, 0.29) is 25.5 Å². The number of aryl methyl sites for hydroxylation is 2. The van der Waals surface area contributed by atoms with Crippen LogP contribution in [-0.4, -0.2) is 41.8 Å². The van der Waals surface area contributed by atoms with Crippen molar-refractivity contribution in [3.05, 3.63) is 51.2 Å². The fourth-order valence-electron chi connectivity index (χ4n) is 3.55. The van der Waals surface area contributed by atoms with Gasteiger partial charge in [0.15, 0.2) is 0 Å². The third-order valence-corrected chi connectivity index (χ3v) is 6.71. The number of nitrogens with one attached hydrogen (secondary N) is 1. The van der Waals surface area contributed by atoms with Crippen LogP contribution in [0, 0.1) is 0 Å². The number of benzene rings is 1. The highest BCUT2D eigenvalue weighted by Gasteiger charge is 2.16. The summed E-state index contributed by atoms with van der Waals surface area (Å²) in [6.07, 6.45) is 5.38. The first-order valence-electron chi connectivity index (χ1n) is 11.4. The molecule has 0 bridgehead atoms. The molecule has 0 saturated heterocycles. The van der Waals surface area contributed by atoms with Crippen LogP contribution in [0.3, 0.4) is 0 Å². The lowest BCUT2D eigenvalue weighted by molar-refractivity contribution is -0.136. The average Bonchev–Trinajstić information content (AvgIpc) is 3.27. The maximum absolute atomic E-state index is 12.2. The Kier molecular flexibility index (Phi) is 11.2. The molecule has 0 saturated carbocycles. The molecule has 0 spiro atoms. The summed E-state index contributed by atoms with van der Waals surface area (Å²) in [5.74, 6) is 0.174. The molecule has 0 radical (unpaired) electrons. The largest absolute Gasteiger partial charge is 0.493 e. The molecule has 6 nitrogen and oxygen atoms in total. The van der Waals surface area contributed by atoms with Crippen molar-refractivity contribution in [2.45, 2.75) is 64.7 Å². The third kappa shape index (κ3) is 8.28. The van der Waals surface area contributed by atoms with Crippen molar-refractivity contribution < 1.29 is 24.5 Å². The number of hydrogen-bond donors (Lipinski definition) is 3.